The number of hydrogen-bond acceptors (Lipinski definition) is 3. The van der Waals surface area contributed by atoms with Crippen LogP contribution in [0.3, 0.4) is 0 Å². The lowest BCUT2D eigenvalue weighted by Crippen LogP contribution is -2.26. The minimum Gasteiger partial charge on any atom is -0.507 e. The summed E-state index contributed by atoms with van der Waals surface area (Å²) in [6.45, 7) is 0. The number of amides is 1. The number of halogens is 1. The standard InChI is InChI=1S/C15H14BrNO3/c1-17(11-4-6-12(20-2)7-5-11)15(19)13-9-10(16)3-8-14(13)18/h3-9,18H,1-2H3. The second-order valence-corrected chi connectivity index (χ2v) is 5.14. The number of phenols is 1. The third kappa shape index (κ3) is 2.93. The molecule has 0 unspecified atom stereocenters. The van der Waals surface area contributed by atoms with Crippen molar-refractivity contribution in [3.05, 3.63) is 52.5 Å². The fraction of sp³-hybridized carbons (Fsp3) is 0.133. The van der Waals surface area contributed by atoms with Crippen LogP contribution < -0.4 is 9.64 Å². The molecule has 0 aliphatic heterocycles. The van der Waals surface area contributed by atoms with Crippen molar-refractivity contribution in [2.24, 2.45) is 0 Å². The topological polar surface area (TPSA) is 49.8 Å². The molecule has 0 bridgehead atoms. The Morgan fingerprint density at radius 3 is 2.45 bits per heavy atom. The van der Waals surface area contributed by atoms with Gasteiger partial charge in [-0.1, -0.05) is 15.9 Å². The summed E-state index contributed by atoms with van der Waals surface area (Å²) in [6, 6.07) is 11.9. The summed E-state index contributed by atoms with van der Waals surface area (Å²) in [6.07, 6.45) is 0. The first kappa shape index (κ1) is 14.4. The Hall–Kier alpha value is -2.01. The Bertz CT molecular complexity index is 626. The van der Waals surface area contributed by atoms with Crippen LogP contribution in [0.5, 0.6) is 11.5 Å². The van der Waals surface area contributed by atoms with Crippen molar-refractivity contribution in [2.45, 2.75) is 0 Å². The van der Waals surface area contributed by atoms with Gasteiger partial charge in [0.2, 0.25) is 0 Å². The second-order valence-electron chi connectivity index (χ2n) is 4.22. The number of phenolic OH excluding ortho intramolecular Hbond substituents is 1. The van der Waals surface area contributed by atoms with Gasteiger partial charge in [-0.25, -0.2) is 0 Å². The third-order valence-electron chi connectivity index (χ3n) is 2.95. The summed E-state index contributed by atoms with van der Waals surface area (Å²) in [7, 11) is 3.24. The lowest BCUT2D eigenvalue weighted by Gasteiger charge is -2.18. The van der Waals surface area contributed by atoms with E-state index in [4.69, 9.17) is 4.74 Å². The first-order valence-electron chi connectivity index (χ1n) is 5.93. The minimum absolute atomic E-state index is 0.0430. The third-order valence-corrected chi connectivity index (χ3v) is 3.45. The summed E-state index contributed by atoms with van der Waals surface area (Å²) in [5.41, 5.74) is 0.966. The van der Waals surface area contributed by atoms with Gasteiger partial charge in [0.1, 0.15) is 11.5 Å². The highest BCUT2D eigenvalue weighted by Gasteiger charge is 2.17. The largest absolute Gasteiger partial charge is 0.507 e. The van der Waals surface area contributed by atoms with Crippen LogP contribution in [0.15, 0.2) is 46.9 Å². The maximum atomic E-state index is 12.4. The monoisotopic (exact) mass is 335 g/mol. The zero-order valence-electron chi connectivity index (χ0n) is 11.1. The minimum atomic E-state index is -0.283. The molecule has 1 N–H and O–H groups in total. The molecule has 0 fully saturated rings. The van der Waals surface area contributed by atoms with Gasteiger partial charge in [0.25, 0.3) is 5.91 Å². The van der Waals surface area contributed by atoms with Crippen LogP contribution in [0.4, 0.5) is 5.69 Å². The van der Waals surface area contributed by atoms with E-state index in [0.717, 1.165) is 15.9 Å². The maximum Gasteiger partial charge on any atom is 0.261 e. The van der Waals surface area contributed by atoms with Crippen LogP contribution >= 0.6 is 15.9 Å². The number of methoxy groups -OCH3 is 1. The number of benzene rings is 2. The second kappa shape index (κ2) is 5.96. The van der Waals surface area contributed by atoms with E-state index in [1.807, 2.05) is 0 Å². The van der Waals surface area contributed by atoms with Crippen molar-refractivity contribution < 1.29 is 14.6 Å². The molecular formula is C15H14BrNO3. The van der Waals surface area contributed by atoms with Crippen molar-refractivity contribution in [2.75, 3.05) is 19.1 Å². The fourth-order valence-electron chi connectivity index (χ4n) is 1.78. The van der Waals surface area contributed by atoms with E-state index in [2.05, 4.69) is 15.9 Å². The van der Waals surface area contributed by atoms with Gasteiger partial charge >= 0.3 is 0 Å². The molecule has 0 radical (unpaired) electrons. The molecule has 0 aromatic heterocycles. The molecule has 0 saturated heterocycles. The van der Waals surface area contributed by atoms with Crippen molar-refractivity contribution >= 4 is 27.5 Å². The number of aromatic hydroxyl groups is 1. The quantitative estimate of drug-likeness (QED) is 0.934. The number of rotatable bonds is 3. The van der Waals surface area contributed by atoms with E-state index in [0.29, 0.717) is 0 Å². The van der Waals surface area contributed by atoms with Crippen molar-refractivity contribution in [1.29, 1.82) is 0 Å². The zero-order chi connectivity index (χ0) is 14.7. The average Bonchev–Trinajstić information content (AvgIpc) is 2.48. The molecule has 5 heteroatoms. The van der Waals surface area contributed by atoms with Gasteiger partial charge in [0, 0.05) is 17.2 Å². The lowest BCUT2D eigenvalue weighted by molar-refractivity contribution is 0.0990. The Labute approximate surface area is 125 Å². The molecule has 0 heterocycles. The predicted molar refractivity (Wildman–Crippen MR) is 81.5 cm³/mol. The molecule has 0 spiro atoms. The van der Waals surface area contributed by atoms with Gasteiger partial charge in [-0.3, -0.25) is 4.79 Å². The summed E-state index contributed by atoms with van der Waals surface area (Å²) < 4.78 is 5.82. The molecule has 0 aliphatic carbocycles. The number of hydrogen-bond donors (Lipinski definition) is 1. The van der Waals surface area contributed by atoms with Gasteiger partial charge in [-0.15, -0.1) is 0 Å². The molecule has 2 aromatic rings. The SMILES string of the molecule is COc1ccc(N(C)C(=O)c2cc(Br)ccc2O)cc1. The molecule has 0 atom stereocenters. The fourth-order valence-corrected chi connectivity index (χ4v) is 2.14. The number of anilines is 1. The molecule has 1 amide bonds. The highest BCUT2D eigenvalue weighted by molar-refractivity contribution is 9.10. The van der Waals surface area contributed by atoms with E-state index in [1.54, 1.807) is 50.6 Å². The van der Waals surface area contributed by atoms with E-state index in [-0.39, 0.29) is 17.2 Å². The molecule has 2 rings (SSSR count). The summed E-state index contributed by atoms with van der Waals surface area (Å²) in [5, 5.41) is 9.80. The molecule has 104 valence electrons. The molecule has 0 aliphatic rings. The van der Waals surface area contributed by atoms with E-state index >= 15 is 0 Å². The Balaban J connectivity index is 2.29. The Morgan fingerprint density at radius 2 is 1.85 bits per heavy atom. The Kier molecular flexibility index (Phi) is 4.29. The zero-order valence-corrected chi connectivity index (χ0v) is 12.7. The van der Waals surface area contributed by atoms with Crippen molar-refractivity contribution in [1.82, 2.24) is 0 Å². The number of ether oxygens (including phenoxy) is 1. The summed E-state index contributed by atoms with van der Waals surface area (Å²) >= 11 is 3.29. The molecule has 2 aromatic carbocycles. The van der Waals surface area contributed by atoms with Crippen LogP contribution in [0.1, 0.15) is 10.4 Å². The smallest absolute Gasteiger partial charge is 0.261 e. The summed E-state index contributed by atoms with van der Waals surface area (Å²) in [5.74, 6) is 0.396. The lowest BCUT2D eigenvalue weighted by atomic mass is 10.1. The van der Waals surface area contributed by atoms with Crippen LogP contribution in [-0.4, -0.2) is 25.2 Å². The van der Waals surface area contributed by atoms with E-state index < -0.39 is 0 Å². The van der Waals surface area contributed by atoms with Crippen LogP contribution in [0.25, 0.3) is 0 Å². The van der Waals surface area contributed by atoms with Crippen LogP contribution in [0.2, 0.25) is 0 Å². The first-order chi connectivity index (χ1) is 9.52. The highest BCUT2D eigenvalue weighted by Crippen LogP contribution is 2.25. The summed E-state index contributed by atoms with van der Waals surface area (Å²) in [4.78, 5) is 13.9. The molecule has 4 nitrogen and oxygen atoms in total. The number of carbonyl (C=O) groups is 1. The Morgan fingerprint density at radius 1 is 1.20 bits per heavy atom. The first-order valence-corrected chi connectivity index (χ1v) is 6.73. The van der Waals surface area contributed by atoms with Crippen LogP contribution in [0, 0.1) is 0 Å². The van der Waals surface area contributed by atoms with Crippen LogP contribution in [-0.2, 0) is 0 Å². The maximum absolute atomic E-state index is 12.4. The van der Waals surface area contributed by atoms with Crippen molar-refractivity contribution in [3.8, 4) is 11.5 Å². The van der Waals surface area contributed by atoms with E-state index in [9.17, 15) is 9.90 Å². The van der Waals surface area contributed by atoms with Gasteiger partial charge < -0.3 is 14.7 Å². The van der Waals surface area contributed by atoms with Gasteiger partial charge in [0.05, 0.1) is 12.7 Å². The van der Waals surface area contributed by atoms with Gasteiger partial charge in [0.15, 0.2) is 0 Å². The van der Waals surface area contributed by atoms with Gasteiger partial charge in [-0.2, -0.15) is 0 Å². The normalized spacial score (nSPS) is 10.2. The van der Waals surface area contributed by atoms with Crippen molar-refractivity contribution in [3.63, 3.8) is 0 Å². The van der Waals surface area contributed by atoms with Gasteiger partial charge in [-0.05, 0) is 42.5 Å². The molecular weight excluding hydrogens is 322 g/mol. The number of carbonyl (C=O) groups excluding carboxylic acids is 1. The highest BCUT2D eigenvalue weighted by atomic mass is 79.9. The molecule has 0 saturated carbocycles. The average molecular weight is 336 g/mol. The molecule has 20 heavy (non-hydrogen) atoms. The number of nitrogens with zero attached hydrogens (tertiary/aromatic N) is 1. The predicted octanol–water partition coefficient (Wildman–Crippen LogP) is 3.44. The van der Waals surface area contributed by atoms with E-state index in [1.165, 1.54) is 11.0 Å².